The smallest absolute Gasteiger partial charge is 0.411 e. The Kier molecular flexibility index (Phi) is 5.76. The highest BCUT2D eigenvalue weighted by molar-refractivity contribution is 5.98. The van der Waals surface area contributed by atoms with Gasteiger partial charge in [-0.1, -0.05) is 48.5 Å². The van der Waals surface area contributed by atoms with Crippen molar-refractivity contribution in [2.24, 2.45) is 0 Å². The van der Waals surface area contributed by atoms with Crippen molar-refractivity contribution in [3.8, 4) is 11.1 Å². The zero-order valence-corrected chi connectivity index (χ0v) is 19.4. The summed E-state index contributed by atoms with van der Waals surface area (Å²) in [4.78, 5) is 38.5. The van der Waals surface area contributed by atoms with Crippen molar-refractivity contribution in [2.75, 3.05) is 18.5 Å². The van der Waals surface area contributed by atoms with E-state index in [9.17, 15) is 19.5 Å². The van der Waals surface area contributed by atoms with E-state index in [1.54, 1.807) is 31.2 Å². The van der Waals surface area contributed by atoms with E-state index in [1.807, 2.05) is 24.3 Å². The molecule has 2 amide bonds. The summed E-state index contributed by atoms with van der Waals surface area (Å²) in [5.41, 5.74) is 4.26. The van der Waals surface area contributed by atoms with Crippen LogP contribution in [0.15, 0.2) is 72.8 Å². The molecule has 35 heavy (non-hydrogen) atoms. The lowest BCUT2D eigenvalue weighted by Crippen LogP contribution is -2.50. The molecule has 1 heterocycles. The molecule has 1 fully saturated rings. The largest absolute Gasteiger partial charge is 0.480 e. The maximum atomic E-state index is 12.9. The number of anilines is 1. The Morgan fingerprint density at radius 1 is 0.971 bits per heavy atom. The lowest BCUT2D eigenvalue weighted by atomic mass is 9.98. The average molecular weight is 471 g/mol. The molecular formula is C28H26N2O5. The topological polar surface area (TPSA) is 95.9 Å². The molecule has 7 heteroatoms. The fraction of sp³-hybridized carbons (Fsp3) is 0.250. The summed E-state index contributed by atoms with van der Waals surface area (Å²) >= 11 is 0. The van der Waals surface area contributed by atoms with Gasteiger partial charge in [0.05, 0.1) is 0 Å². The van der Waals surface area contributed by atoms with Crippen molar-refractivity contribution in [2.45, 2.75) is 31.2 Å². The number of hydrogen-bond acceptors (Lipinski definition) is 4. The third-order valence-electron chi connectivity index (χ3n) is 7.07. The summed E-state index contributed by atoms with van der Waals surface area (Å²) in [6, 6.07) is 22.7. The summed E-state index contributed by atoms with van der Waals surface area (Å²) in [6.45, 7) is 2.19. The summed E-state index contributed by atoms with van der Waals surface area (Å²) in [6.07, 6.45) is 0.495. The first kappa shape index (κ1) is 22.7. The minimum Gasteiger partial charge on any atom is -0.480 e. The first-order chi connectivity index (χ1) is 16.9. The number of carboxylic acid groups (broad SMARTS) is 1. The number of carbonyl (C=O) groups is 3. The Hall–Kier alpha value is -4.13. The molecule has 0 saturated carbocycles. The van der Waals surface area contributed by atoms with Crippen LogP contribution in [-0.4, -0.2) is 46.7 Å². The highest BCUT2D eigenvalue weighted by Crippen LogP contribution is 2.44. The van der Waals surface area contributed by atoms with Gasteiger partial charge in [-0.25, -0.2) is 9.59 Å². The second-order valence-electron chi connectivity index (χ2n) is 9.17. The van der Waals surface area contributed by atoms with Crippen LogP contribution >= 0.6 is 0 Å². The Balaban J connectivity index is 1.22. The molecule has 1 atom stereocenters. The molecule has 0 aromatic heterocycles. The number of fused-ring (bicyclic) bond motifs is 3. The van der Waals surface area contributed by atoms with Gasteiger partial charge in [-0.2, -0.15) is 0 Å². The van der Waals surface area contributed by atoms with Crippen molar-refractivity contribution in [1.29, 1.82) is 0 Å². The van der Waals surface area contributed by atoms with Crippen LogP contribution in [0.3, 0.4) is 0 Å². The third kappa shape index (κ3) is 4.03. The molecule has 5 rings (SSSR count). The molecule has 2 aliphatic rings. The Morgan fingerprint density at radius 2 is 1.57 bits per heavy atom. The first-order valence-electron chi connectivity index (χ1n) is 11.7. The lowest BCUT2D eigenvalue weighted by Gasteiger charge is -2.31. The van der Waals surface area contributed by atoms with Gasteiger partial charge in [0, 0.05) is 23.7 Å². The summed E-state index contributed by atoms with van der Waals surface area (Å²) in [5, 5.41) is 12.3. The number of carboxylic acids is 1. The number of likely N-dealkylation sites (tertiary alicyclic amines) is 1. The van der Waals surface area contributed by atoms with Gasteiger partial charge in [-0.3, -0.25) is 10.1 Å². The van der Waals surface area contributed by atoms with Crippen LogP contribution in [0.5, 0.6) is 0 Å². The summed E-state index contributed by atoms with van der Waals surface area (Å²) in [5.74, 6) is -1.37. The van der Waals surface area contributed by atoms with Crippen LogP contribution in [0, 0.1) is 0 Å². The molecule has 1 saturated heterocycles. The Morgan fingerprint density at radius 3 is 2.17 bits per heavy atom. The lowest BCUT2D eigenvalue weighted by molar-refractivity contribution is -0.147. The summed E-state index contributed by atoms with van der Waals surface area (Å²) < 4.78 is 5.57. The van der Waals surface area contributed by atoms with Gasteiger partial charge in [0.25, 0.3) is 5.91 Å². The van der Waals surface area contributed by atoms with Crippen LogP contribution in [0.4, 0.5) is 10.5 Å². The number of amides is 2. The molecule has 3 aromatic carbocycles. The van der Waals surface area contributed by atoms with E-state index >= 15 is 0 Å². The fourth-order valence-electron chi connectivity index (χ4n) is 5.12. The van der Waals surface area contributed by atoms with E-state index in [4.69, 9.17) is 4.74 Å². The second-order valence-corrected chi connectivity index (χ2v) is 9.17. The Labute approximate surface area is 203 Å². The number of benzene rings is 3. The molecule has 0 radical (unpaired) electrons. The SMILES string of the molecule is C[C@@]1(C(=O)O)CCCN1C(=O)c1ccc(NC(=O)OCC2c3ccccc3-c3ccccc32)cc1. The minimum atomic E-state index is -1.20. The third-order valence-corrected chi connectivity index (χ3v) is 7.07. The van der Waals surface area contributed by atoms with E-state index < -0.39 is 17.6 Å². The van der Waals surface area contributed by atoms with Crippen molar-refractivity contribution < 1.29 is 24.2 Å². The monoisotopic (exact) mass is 470 g/mol. The van der Waals surface area contributed by atoms with Gasteiger partial charge >= 0.3 is 12.1 Å². The van der Waals surface area contributed by atoms with Crippen LogP contribution in [-0.2, 0) is 9.53 Å². The average Bonchev–Trinajstić information content (AvgIpc) is 3.42. The highest BCUT2D eigenvalue weighted by Gasteiger charge is 2.46. The number of ether oxygens (including phenoxy) is 1. The molecule has 2 N–H and O–H groups in total. The molecule has 178 valence electrons. The minimum absolute atomic E-state index is 0.0304. The molecule has 1 aliphatic carbocycles. The standard InChI is InChI=1S/C28H26N2O5/c1-28(26(32)33)15-6-16-30(28)25(31)18-11-13-19(14-12-18)29-27(34)35-17-24-22-9-4-2-7-20(22)21-8-3-5-10-23(21)24/h2-5,7-14,24H,6,15-17H2,1H3,(H,29,34)(H,32,33)/t28-/m0/s1. The number of nitrogens with one attached hydrogen (secondary N) is 1. The highest BCUT2D eigenvalue weighted by atomic mass is 16.5. The van der Waals surface area contributed by atoms with Gasteiger partial charge in [0.2, 0.25) is 0 Å². The normalized spacial score (nSPS) is 18.6. The molecular weight excluding hydrogens is 444 g/mol. The number of nitrogens with zero attached hydrogens (tertiary/aromatic N) is 1. The first-order valence-corrected chi connectivity index (χ1v) is 11.7. The zero-order valence-electron chi connectivity index (χ0n) is 19.4. The van der Waals surface area contributed by atoms with Crippen molar-refractivity contribution in [3.63, 3.8) is 0 Å². The van der Waals surface area contributed by atoms with Crippen molar-refractivity contribution in [3.05, 3.63) is 89.5 Å². The van der Waals surface area contributed by atoms with E-state index in [-0.39, 0.29) is 18.4 Å². The molecule has 0 unspecified atom stereocenters. The molecule has 7 nitrogen and oxygen atoms in total. The number of rotatable bonds is 5. The predicted molar refractivity (Wildman–Crippen MR) is 131 cm³/mol. The molecule has 0 bridgehead atoms. The van der Waals surface area contributed by atoms with E-state index in [1.165, 1.54) is 4.90 Å². The number of hydrogen-bond donors (Lipinski definition) is 2. The maximum Gasteiger partial charge on any atom is 0.411 e. The molecule has 0 spiro atoms. The van der Waals surface area contributed by atoms with Crippen LogP contribution in [0.1, 0.15) is 47.2 Å². The molecule has 1 aliphatic heterocycles. The van der Waals surface area contributed by atoms with Gasteiger partial charge in [-0.15, -0.1) is 0 Å². The van der Waals surface area contributed by atoms with E-state index in [0.717, 1.165) is 22.3 Å². The predicted octanol–water partition coefficient (Wildman–Crippen LogP) is 5.13. The van der Waals surface area contributed by atoms with Crippen molar-refractivity contribution >= 4 is 23.7 Å². The second kappa shape index (κ2) is 8.91. The van der Waals surface area contributed by atoms with Gasteiger partial charge < -0.3 is 14.7 Å². The number of aliphatic carboxylic acids is 1. The molecule has 3 aromatic rings. The summed E-state index contributed by atoms with van der Waals surface area (Å²) in [7, 11) is 0. The van der Waals surface area contributed by atoms with E-state index in [0.29, 0.717) is 30.6 Å². The van der Waals surface area contributed by atoms with Crippen LogP contribution in [0.25, 0.3) is 11.1 Å². The van der Waals surface area contributed by atoms with Crippen molar-refractivity contribution in [1.82, 2.24) is 4.90 Å². The quantitative estimate of drug-likeness (QED) is 0.539. The maximum absolute atomic E-state index is 12.9. The van der Waals surface area contributed by atoms with Gasteiger partial charge in [0.15, 0.2) is 0 Å². The Bertz CT molecular complexity index is 1260. The fourth-order valence-corrected chi connectivity index (χ4v) is 5.12. The number of carbonyl (C=O) groups excluding carboxylic acids is 2. The van der Waals surface area contributed by atoms with Gasteiger partial charge in [0.1, 0.15) is 12.1 Å². The van der Waals surface area contributed by atoms with Gasteiger partial charge in [-0.05, 0) is 66.3 Å². The van der Waals surface area contributed by atoms with Crippen LogP contribution in [0.2, 0.25) is 0 Å². The van der Waals surface area contributed by atoms with E-state index in [2.05, 4.69) is 29.6 Å². The van der Waals surface area contributed by atoms with Crippen LogP contribution < -0.4 is 5.32 Å². The zero-order chi connectivity index (χ0) is 24.6.